The maximum Gasteiger partial charge on any atom is 0.398 e. The highest BCUT2D eigenvalue weighted by Crippen LogP contribution is 2.16. The van der Waals surface area contributed by atoms with E-state index in [-0.39, 0.29) is 0 Å². The summed E-state index contributed by atoms with van der Waals surface area (Å²) in [7, 11) is -9.92. The van der Waals surface area contributed by atoms with Gasteiger partial charge in [-0.05, 0) is 6.92 Å². The van der Waals surface area contributed by atoms with Crippen LogP contribution in [0.3, 0.4) is 0 Å². The van der Waals surface area contributed by atoms with Crippen LogP contribution in [0, 0.1) is 0 Å². The smallest absolute Gasteiger partial charge is 0.284 e. The standard InChI is InChI=1S/C4H10O11S3/c1-4(2-13-16(5)6,15-18(10,11)12)3-14-17(7,8)9/h2-3H2,1H3,(H,5,6)(H,7,8,9)(H,10,11,12). The highest BCUT2D eigenvalue weighted by Gasteiger charge is 2.34. The van der Waals surface area contributed by atoms with Gasteiger partial charge in [0.15, 0.2) is 0 Å². The van der Waals surface area contributed by atoms with Gasteiger partial charge in [-0.15, -0.1) is 0 Å². The Labute approximate surface area is 105 Å². The van der Waals surface area contributed by atoms with E-state index >= 15 is 0 Å². The highest BCUT2D eigenvalue weighted by atomic mass is 32.3. The summed E-state index contributed by atoms with van der Waals surface area (Å²) in [5.74, 6) is 0. The summed E-state index contributed by atoms with van der Waals surface area (Å²) in [5, 5.41) is 0. The van der Waals surface area contributed by atoms with Gasteiger partial charge in [0.25, 0.3) is 0 Å². The lowest BCUT2D eigenvalue weighted by atomic mass is 10.1. The van der Waals surface area contributed by atoms with Crippen molar-refractivity contribution in [2.75, 3.05) is 13.2 Å². The fourth-order valence-electron chi connectivity index (χ4n) is 0.718. The van der Waals surface area contributed by atoms with E-state index in [1.165, 1.54) is 0 Å². The minimum absolute atomic E-state index is 0.888. The third-order valence-electron chi connectivity index (χ3n) is 1.28. The van der Waals surface area contributed by atoms with Gasteiger partial charge in [0.2, 0.25) is 0 Å². The van der Waals surface area contributed by atoms with Gasteiger partial charge in [0.1, 0.15) is 12.2 Å². The molecular weight excluding hydrogens is 320 g/mol. The zero-order valence-corrected chi connectivity index (χ0v) is 11.2. The van der Waals surface area contributed by atoms with Gasteiger partial charge < -0.3 is 0 Å². The van der Waals surface area contributed by atoms with Crippen LogP contribution in [0.2, 0.25) is 0 Å². The van der Waals surface area contributed by atoms with E-state index in [9.17, 15) is 21.0 Å². The van der Waals surface area contributed by atoms with Crippen molar-refractivity contribution in [3.05, 3.63) is 0 Å². The Morgan fingerprint density at radius 2 is 1.61 bits per heavy atom. The molecule has 0 bridgehead atoms. The largest absolute Gasteiger partial charge is 0.398 e. The Morgan fingerprint density at radius 1 is 1.11 bits per heavy atom. The molecule has 0 heterocycles. The summed E-state index contributed by atoms with van der Waals surface area (Å²) in [6.45, 7) is -1.13. The molecule has 0 saturated heterocycles. The van der Waals surface area contributed by atoms with Crippen LogP contribution in [0.25, 0.3) is 0 Å². The molecule has 18 heavy (non-hydrogen) atoms. The van der Waals surface area contributed by atoms with Crippen LogP contribution in [0.5, 0.6) is 0 Å². The average molecular weight is 330 g/mol. The minimum Gasteiger partial charge on any atom is -0.284 e. The molecule has 11 nitrogen and oxygen atoms in total. The second-order valence-corrected chi connectivity index (χ2v) is 5.91. The third kappa shape index (κ3) is 9.80. The van der Waals surface area contributed by atoms with Crippen LogP contribution in [0.15, 0.2) is 0 Å². The maximum absolute atomic E-state index is 10.5. The van der Waals surface area contributed by atoms with Crippen molar-refractivity contribution in [2.24, 2.45) is 0 Å². The summed E-state index contributed by atoms with van der Waals surface area (Å²) in [4.78, 5) is 0. The Bertz CT molecular complexity index is 490. The summed E-state index contributed by atoms with van der Waals surface area (Å²) in [5.41, 5.74) is -2.15. The van der Waals surface area contributed by atoms with Crippen LogP contribution in [0.1, 0.15) is 6.92 Å². The molecule has 0 aliphatic carbocycles. The van der Waals surface area contributed by atoms with Crippen LogP contribution in [0.4, 0.5) is 0 Å². The van der Waals surface area contributed by atoms with E-state index < -0.39 is 51.0 Å². The SMILES string of the molecule is CC(COS(=O)O)(COS(=O)(=O)O)OS(=O)(=O)O. The minimum atomic E-state index is -5.01. The first-order valence-electron chi connectivity index (χ1n) is 3.87. The summed E-state index contributed by atoms with van der Waals surface area (Å²) in [6.07, 6.45) is 0. The van der Waals surface area contributed by atoms with Crippen molar-refractivity contribution in [1.29, 1.82) is 0 Å². The normalized spacial score (nSPS) is 18.2. The maximum atomic E-state index is 10.5. The quantitative estimate of drug-likeness (QED) is 0.350. The molecule has 0 fully saturated rings. The lowest BCUT2D eigenvalue weighted by Gasteiger charge is -2.25. The lowest BCUT2D eigenvalue weighted by Crippen LogP contribution is -2.42. The van der Waals surface area contributed by atoms with Crippen LogP contribution >= 0.6 is 0 Å². The first-order chi connectivity index (χ1) is 7.83. The van der Waals surface area contributed by atoms with Crippen molar-refractivity contribution < 1.29 is 47.3 Å². The zero-order chi connectivity index (χ0) is 14.6. The first-order valence-corrected chi connectivity index (χ1v) is 7.63. The number of hydrogen-bond donors (Lipinski definition) is 3. The molecule has 0 aliphatic rings. The molecule has 0 aromatic carbocycles. The molecule has 0 amide bonds. The molecule has 0 radical (unpaired) electrons. The fraction of sp³-hybridized carbons (Fsp3) is 1.00. The monoisotopic (exact) mass is 330 g/mol. The van der Waals surface area contributed by atoms with Crippen molar-refractivity contribution >= 4 is 32.2 Å². The van der Waals surface area contributed by atoms with Crippen LogP contribution < -0.4 is 0 Å². The van der Waals surface area contributed by atoms with E-state index in [0.717, 1.165) is 6.92 Å². The summed E-state index contributed by atoms with van der Waals surface area (Å²) >= 11 is -2.79. The topological polar surface area (TPSA) is 174 Å². The molecule has 14 heteroatoms. The van der Waals surface area contributed by atoms with Gasteiger partial charge in [-0.1, -0.05) is 0 Å². The molecule has 0 spiro atoms. The fourth-order valence-corrected chi connectivity index (χ4v) is 2.07. The van der Waals surface area contributed by atoms with Gasteiger partial charge in [0.05, 0.1) is 6.61 Å². The van der Waals surface area contributed by atoms with Crippen molar-refractivity contribution in [1.82, 2.24) is 0 Å². The van der Waals surface area contributed by atoms with Gasteiger partial charge >= 0.3 is 32.2 Å². The highest BCUT2D eigenvalue weighted by molar-refractivity contribution is 7.81. The third-order valence-corrected chi connectivity index (χ3v) is 2.63. The predicted molar refractivity (Wildman–Crippen MR) is 55.3 cm³/mol. The summed E-state index contributed by atoms with van der Waals surface area (Å²) < 4.78 is 88.8. The van der Waals surface area contributed by atoms with E-state index in [0.29, 0.717) is 0 Å². The van der Waals surface area contributed by atoms with Crippen molar-refractivity contribution in [2.45, 2.75) is 12.5 Å². The lowest BCUT2D eigenvalue weighted by molar-refractivity contribution is -0.00619. The Kier molecular flexibility index (Phi) is 6.24. The Hall–Kier alpha value is -0.190. The van der Waals surface area contributed by atoms with Crippen LogP contribution in [-0.2, 0) is 44.7 Å². The van der Waals surface area contributed by atoms with E-state index in [1.54, 1.807) is 0 Å². The molecule has 0 saturated carbocycles. The van der Waals surface area contributed by atoms with Crippen LogP contribution in [-0.4, -0.2) is 53.5 Å². The summed E-state index contributed by atoms with van der Waals surface area (Å²) in [6, 6.07) is 0. The Morgan fingerprint density at radius 3 is 1.94 bits per heavy atom. The van der Waals surface area contributed by atoms with E-state index in [4.69, 9.17) is 13.7 Å². The Balaban J connectivity index is 4.85. The van der Waals surface area contributed by atoms with Gasteiger partial charge in [-0.2, -0.15) is 21.0 Å². The molecule has 3 N–H and O–H groups in total. The average Bonchev–Trinajstić information content (AvgIpc) is 2.08. The molecule has 2 unspecified atom stereocenters. The van der Waals surface area contributed by atoms with Crippen molar-refractivity contribution in [3.63, 3.8) is 0 Å². The molecular formula is C4H10O11S3. The van der Waals surface area contributed by atoms with Gasteiger partial charge in [-0.25, -0.2) is 8.37 Å². The molecule has 0 aromatic rings. The van der Waals surface area contributed by atoms with Crippen molar-refractivity contribution in [3.8, 4) is 0 Å². The van der Waals surface area contributed by atoms with E-state index in [1.807, 2.05) is 0 Å². The first kappa shape index (κ1) is 17.8. The second kappa shape index (κ2) is 6.31. The van der Waals surface area contributed by atoms with Gasteiger partial charge in [-0.3, -0.25) is 17.8 Å². The second-order valence-electron chi connectivity index (χ2n) is 3.13. The van der Waals surface area contributed by atoms with Gasteiger partial charge in [0, 0.05) is 0 Å². The molecule has 2 atom stereocenters. The molecule has 0 rings (SSSR count). The number of rotatable bonds is 8. The molecule has 0 aromatic heterocycles. The number of hydrogen-bond acceptors (Lipinski definition) is 8. The molecule has 110 valence electrons. The predicted octanol–water partition coefficient (Wildman–Crippen LogP) is -1.46. The zero-order valence-electron chi connectivity index (χ0n) is 8.75. The molecule has 0 aliphatic heterocycles. The van der Waals surface area contributed by atoms with E-state index in [2.05, 4.69) is 12.5 Å².